The molecule has 0 bridgehead atoms. The van der Waals surface area contributed by atoms with Crippen molar-refractivity contribution in [2.45, 2.75) is 26.1 Å². The molecule has 6 heteroatoms. The second-order valence-corrected chi connectivity index (χ2v) is 5.64. The number of benzene rings is 1. The van der Waals surface area contributed by atoms with E-state index in [1.807, 2.05) is 6.07 Å². The lowest BCUT2D eigenvalue weighted by atomic mass is 10.1. The Morgan fingerprint density at radius 1 is 1.53 bits per heavy atom. The van der Waals surface area contributed by atoms with Gasteiger partial charge < -0.3 is 10.1 Å². The zero-order valence-corrected chi connectivity index (χ0v) is 12.3. The van der Waals surface area contributed by atoms with Crippen LogP contribution in [0, 0.1) is 0 Å². The van der Waals surface area contributed by atoms with Gasteiger partial charge in [0, 0.05) is 42.3 Å². The molecule has 19 heavy (non-hydrogen) atoms. The number of hydrogen-bond donors (Lipinski definition) is 1. The van der Waals surface area contributed by atoms with Crippen molar-refractivity contribution in [2.75, 3.05) is 19.6 Å². The third-order valence-corrected chi connectivity index (χ3v) is 3.58. The Balaban J connectivity index is 2.10. The molecule has 106 valence electrons. The van der Waals surface area contributed by atoms with E-state index < -0.39 is 6.61 Å². The van der Waals surface area contributed by atoms with Crippen molar-refractivity contribution in [3.63, 3.8) is 0 Å². The van der Waals surface area contributed by atoms with Crippen LogP contribution in [0.15, 0.2) is 22.7 Å². The van der Waals surface area contributed by atoms with Crippen molar-refractivity contribution in [3.8, 4) is 5.75 Å². The quantitative estimate of drug-likeness (QED) is 0.916. The van der Waals surface area contributed by atoms with E-state index in [2.05, 4.69) is 37.8 Å². The van der Waals surface area contributed by atoms with E-state index in [4.69, 9.17) is 0 Å². The maximum absolute atomic E-state index is 12.4. The van der Waals surface area contributed by atoms with Crippen LogP contribution >= 0.6 is 15.9 Å². The molecular weight excluding hydrogens is 318 g/mol. The molecule has 1 heterocycles. The summed E-state index contributed by atoms with van der Waals surface area (Å²) in [4.78, 5) is 2.24. The smallest absolute Gasteiger partial charge is 0.387 e. The first kappa shape index (κ1) is 14.7. The number of nitrogens with one attached hydrogen (secondary N) is 1. The predicted octanol–water partition coefficient (Wildman–Crippen LogP) is 2.84. The van der Waals surface area contributed by atoms with Crippen molar-refractivity contribution < 1.29 is 13.5 Å². The van der Waals surface area contributed by atoms with Crippen molar-refractivity contribution in [3.05, 3.63) is 28.2 Å². The molecule has 0 spiro atoms. The summed E-state index contributed by atoms with van der Waals surface area (Å²) >= 11 is 3.37. The Kier molecular flexibility index (Phi) is 5.13. The molecule has 1 aliphatic rings. The van der Waals surface area contributed by atoms with Crippen molar-refractivity contribution in [1.82, 2.24) is 10.2 Å². The Labute approximate surface area is 120 Å². The van der Waals surface area contributed by atoms with Gasteiger partial charge >= 0.3 is 6.61 Å². The number of rotatable bonds is 4. The zero-order valence-electron chi connectivity index (χ0n) is 10.7. The molecule has 1 aromatic carbocycles. The molecule has 0 radical (unpaired) electrons. The molecule has 1 N–H and O–H groups in total. The number of hydrogen-bond acceptors (Lipinski definition) is 3. The van der Waals surface area contributed by atoms with Gasteiger partial charge in [-0.05, 0) is 25.1 Å². The van der Waals surface area contributed by atoms with Crippen LogP contribution in [0.4, 0.5) is 8.78 Å². The Hall–Kier alpha value is -0.720. The summed E-state index contributed by atoms with van der Waals surface area (Å²) in [5.74, 6) is 0.254. The standard InChI is InChI=1S/C13H17BrF2N2O/c1-9-7-18(5-4-17-9)8-10-6-11(14)2-3-12(10)19-13(15)16/h2-3,6,9,13,17H,4-5,7-8H2,1H3/t9-/m1/s1. The molecule has 3 nitrogen and oxygen atoms in total. The highest BCUT2D eigenvalue weighted by molar-refractivity contribution is 9.10. The molecule has 0 saturated carbocycles. The number of piperazine rings is 1. The van der Waals surface area contributed by atoms with E-state index in [0.29, 0.717) is 12.6 Å². The number of nitrogens with zero attached hydrogens (tertiary/aromatic N) is 1. The minimum Gasteiger partial charge on any atom is -0.434 e. The molecule has 0 aliphatic carbocycles. The zero-order chi connectivity index (χ0) is 13.8. The maximum atomic E-state index is 12.4. The molecule has 0 amide bonds. The van der Waals surface area contributed by atoms with Crippen LogP contribution in [0.2, 0.25) is 0 Å². The predicted molar refractivity (Wildman–Crippen MR) is 73.5 cm³/mol. The molecule has 0 aromatic heterocycles. The third kappa shape index (κ3) is 4.40. The third-order valence-electron chi connectivity index (χ3n) is 3.09. The fourth-order valence-corrected chi connectivity index (χ4v) is 2.69. The molecule has 1 aliphatic heterocycles. The van der Waals surface area contributed by atoms with Crippen molar-refractivity contribution >= 4 is 15.9 Å². The van der Waals surface area contributed by atoms with Crippen LogP contribution < -0.4 is 10.1 Å². The van der Waals surface area contributed by atoms with Gasteiger partial charge in [-0.25, -0.2) is 0 Å². The van der Waals surface area contributed by atoms with Crippen LogP contribution in [0.25, 0.3) is 0 Å². The average Bonchev–Trinajstić information content (AvgIpc) is 2.32. The summed E-state index contributed by atoms with van der Waals surface area (Å²) in [6, 6.07) is 5.55. The van der Waals surface area contributed by atoms with Crippen LogP contribution in [-0.2, 0) is 6.54 Å². The maximum Gasteiger partial charge on any atom is 0.387 e. The first-order chi connectivity index (χ1) is 9.04. The molecule has 1 fully saturated rings. The summed E-state index contributed by atoms with van der Waals surface area (Å²) in [6.45, 7) is 2.67. The van der Waals surface area contributed by atoms with Gasteiger partial charge in [0.1, 0.15) is 5.75 Å². The van der Waals surface area contributed by atoms with Gasteiger partial charge in [-0.1, -0.05) is 15.9 Å². The summed E-state index contributed by atoms with van der Waals surface area (Å²) in [5, 5.41) is 3.35. The second-order valence-electron chi connectivity index (χ2n) is 4.72. The molecular formula is C13H17BrF2N2O. The van der Waals surface area contributed by atoms with Gasteiger partial charge in [0.15, 0.2) is 0 Å². The van der Waals surface area contributed by atoms with E-state index in [1.165, 1.54) is 0 Å². The molecule has 0 unspecified atom stereocenters. The summed E-state index contributed by atoms with van der Waals surface area (Å²) in [5.41, 5.74) is 0.781. The average molecular weight is 335 g/mol. The largest absolute Gasteiger partial charge is 0.434 e. The lowest BCUT2D eigenvalue weighted by Gasteiger charge is -2.32. The first-order valence-electron chi connectivity index (χ1n) is 6.23. The first-order valence-corrected chi connectivity index (χ1v) is 7.03. The molecule has 2 rings (SSSR count). The van der Waals surface area contributed by atoms with E-state index in [1.54, 1.807) is 12.1 Å². The summed E-state index contributed by atoms with van der Waals surface area (Å²) < 4.78 is 30.2. The molecule has 1 atom stereocenters. The minimum atomic E-state index is -2.79. The Bertz CT molecular complexity index is 431. The fourth-order valence-electron chi connectivity index (χ4n) is 2.28. The van der Waals surface area contributed by atoms with E-state index in [0.717, 1.165) is 29.7 Å². The van der Waals surface area contributed by atoms with E-state index in [9.17, 15) is 8.78 Å². The van der Waals surface area contributed by atoms with E-state index in [-0.39, 0.29) is 5.75 Å². The topological polar surface area (TPSA) is 24.5 Å². The normalized spacial score (nSPS) is 20.8. The van der Waals surface area contributed by atoms with Gasteiger partial charge in [0.2, 0.25) is 0 Å². The highest BCUT2D eigenvalue weighted by Gasteiger charge is 2.18. The number of alkyl halides is 2. The molecule has 1 saturated heterocycles. The van der Waals surface area contributed by atoms with Crippen LogP contribution in [-0.4, -0.2) is 37.2 Å². The number of ether oxygens (including phenoxy) is 1. The van der Waals surface area contributed by atoms with Gasteiger partial charge in [-0.2, -0.15) is 8.78 Å². The Morgan fingerprint density at radius 3 is 3.00 bits per heavy atom. The van der Waals surface area contributed by atoms with Gasteiger partial charge in [-0.15, -0.1) is 0 Å². The lowest BCUT2D eigenvalue weighted by molar-refractivity contribution is -0.0508. The monoisotopic (exact) mass is 334 g/mol. The SMILES string of the molecule is C[C@@H]1CN(Cc2cc(Br)ccc2OC(F)F)CCN1. The molecule has 1 aromatic rings. The second kappa shape index (κ2) is 6.63. The van der Waals surface area contributed by atoms with Gasteiger partial charge in [-0.3, -0.25) is 4.90 Å². The van der Waals surface area contributed by atoms with Crippen molar-refractivity contribution in [1.29, 1.82) is 0 Å². The number of halogens is 3. The van der Waals surface area contributed by atoms with E-state index >= 15 is 0 Å². The fraction of sp³-hybridized carbons (Fsp3) is 0.538. The highest BCUT2D eigenvalue weighted by atomic mass is 79.9. The summed E-state index contributed by atoms with van der Waals surface area (Å²) in [7, 11) is 0. The van der Waals surface area contributed by atoms with Gasteiger partial charge in [0.05, 0.1) is 0 Å². The van der Waals surface area contributed by atoms with Crippen LogP contribution in [0.3, 0.4) is 0 Å². The Morgan fingerprint density at radius 2 is 2.32 bits per heavy atom. The lowest BCUT2D eigenvalue weighted by Crippen LogP contribution is -2.48. The van der Waals surface area contributed by atoms with Crippen LogP contribution in [0.1, 0.15) is 12.5 Å². The highest BCUT2D eigenvalue weighted by Crippen LogP contribution is 2.26. The van der Waals surface area contributed by atoms with Crippen LogP contribution in [0.5, 0.6) is 5.75 Å². The minimum absolute atomic E-state index is 0.254. The van der Waals surface area contributed by atoms with Gasteiger partial charge in [0.25, 0.3) is 0 Å². The summed E-state index contributed by atoms with van der Waals surface area (Å²) in [6.07, 6.45) is 0. The van der Waals surface area contributed by atoms with Crippen molar-refractivity contribution in [2.24, 2.45) is 0 Å².